The van der Waals surface area contributed by atoms with Crippen molar-refractivity contribution in [2.45, 2.75) is 18.9 Å². The average molecular weight is 384 g/mol. The normalized spacial score (nSPS) is 11.2. The number of nitrogens with one attached hydrogen (secondary N) is 2. The van der Waals surface area contributed by atoms with Crippen LogP contribution in [-0.2, 0) is 22.1 Å². The Kier molecular flexibility index (Phi) is 6.51. The molecule has 140 valence electrons. The maximum atomic E-state index is 12.4. The van der Waals surface area contributed by atoms with Gasteiger partial charge in [0.25, 0.3) is 0 Å². The SMILES string of the molecule is CS(=O)(=O)Cc1cccc(NC(=O)NCc2ccccc2OC(F)F)c1. The Morgan fingerprint density at radius 2 is 1.88 bits per heavy atom. The molecule has 0 aromatic heterocycles. The van der Waals surface area contributed by atoms with Crippen molar-refractivity contribution in [3.8, 4) is 5.75 Å². The van der Waals surface area contributed by atoms with Crippen LogP contribution in [0.5, 0.6) is 5.75 Å². The van der Waals surface area contributed by atoms with Crippen LogP contribution in [0.15, 0.2) is 48.5 Å². The standard InChI is InChI=1S/C17H18F2N2O4S/c1-26(23,24)11-12-5-4-7-14(9-12)21-17(22)20-10-13-6-2-3-8-15(13)25-16(18)19/h2-9,16H,10-11H2,1H3,(H2,20,21,22). The van der Waals surface area contributed by atoms with Gasteiger partial charge < -0.3 is 15.4 Å². The number of anilines is 1. The van der Waals surface area contributed by atoms with Crippen molar-refractivity contribution in [2.24, 2.45) is 0 Å². The van der Waals surface area contributed by atoms with Crippen molar-refractivity contribution in [2.75, 3.05) is 11.6 Å². The molecule has 0 bridgehead atoms. The number of amides is 2. The van der Waals surface area contributed by atoms with Gasteiger partial charge in [0.15, 0.2) is 9.84 Å². The highest BCUT2D eigenvalue weighted by Gasteiger charge is 2.11. The summed E-state index contributed by atoms with van der Waals surface area (Å²) in [6, 6.07) is 12.0. The molecule has 0 aliphatic rings. The van der Waals surface area contributed by atoms with Crippen molar-refractivity contribution >= 4 is 21.6 Å². The van der Waals surface area contributed by atoms with Gasteiger partial charge in [-0.05, 0) is 23.8 Å². The first-order valence-corrected chi connectivity index (χ1v) is 9.63. The fraction of sp³-hybridized carbons (Fsp3) is 0.235. The summed E-state index contributed by atoms with van der Waals surface area (Å²) in [7, 11) is -3.19. The molecule has 0 saturated carbocycles. The Morgan fingerprint density at radius 1 is 1.15 bits per heavy atom. The fourth-order valence-corrected chi connectivity index (χ4v) is 3.04. The van der Waals surface area contributed by atoms with E-state index in [9.17, 15) is 22.0 Å². The minimum Gasteiger partial charge on any atom is -0.434 e. The molecule has 0 fully saturated rings. The highest BCUT2D eigenvalue weighted by molar-refractivity contribution is 7.89. The second kappa shape index (κ2) is 8.61. The lowest BCUT2D eigenvalue weighted by Crippen LogP contribution is -2.28. The summed E-state index contributed by atoms with van der Waals surface area (Å²) in [6.45, 7) is -2.97. The van der Waals surface area contributed by atoms with Crippen LogP contribution in [0.3, 0.4) is 0 Å². The van der Waals surface area contributed by atoms with E-state index >= 15 is 0 Å². The molecule has 26 heavy (non-hydrogen) atoms. The third kappa shape index (κ3) is 6.67. The Balaban J connectivity index is 1.97. The minimum atomic E-state index is -3.19. The summed E-state index contributed by atoms with van der Waals surface area (Å²) in [6.07, 6.45) is 1.12. The molecule has 2 rings (SSSR count). The van der Waals surface area contributed by atoms with Gasteiger partial charge in [0.1, 0.15) is 5.75 Å². The van der Waals surface area contributed by atoms with Crippen LogP contribution in [0.2, 0.25) is 0 Å². The van der Waals surface area contributed by atoms with E-state index in [1.165, 1.54) is 6.07 Å². The van der Waals surface area contributed by atoms with E-state index in [1.807, 2.05) is 0 Å². The monoisotopic (exact) mass is 384 g/mol. The lowest BCUT2D eigenvalue weighted by Gasteiger charge is -2.12. The van der Waals surface area contributed by atoms with E-state index < -0.39 is 22.5 Å². The van der Waals surface area contributed by atoms with Crippen molar-refractivity contribution < 1.29 is 26.7 Å². The second-order valence-electron chi connectivity index (χ2n) is 5.56. The van der Waals surface area contributed by atoms with Crippen LogP contribution in [0.25, 0.3) is 0 Å². The molecule has 0 heterocycles. The lowest BCUT2D eigenvalue weighted by molar-refractivity contribution is -0.0504. The molecule has 0 aliphatic carbocycles. The molecule has 2 aromatic rings. The van der Waals surface area contributed by atoms with Gasteiger partial charge in [-0.25, -0.2) is 13.2 Å². The quantitative estimate of drug-likeness (QED) is 0.768. The topological polar surface area (TPSA) is 84.5 Å². The maximum Gasteiger partial charge on any atom is 0.387 e. The molecule has 2 aromatic carbocycles. The summed E-state index contributed by atoms with van der Waals surface area (Å²) in [5, 5.41) is 5.10. The van der Waals surface area contributed by atoms with Gasteiger partial charge in [0.2, 0.25) is 0 Å². The van der Waals surface area contributed by atoms with Gasteiger partial charge in [-0.1, -0.05) is 30.3 Å². The highest BCUT2D eigenvalue weighted by atomic mass is 32.2. The van der Waals surface area contributed by atoms with Crippen LogP contribution >= 0.6 is 0 Å². The third-order valence-electron chi connectivity index (χ3n) is 3.24. The Labute approximate surface area is 150 Å². The molecular weight excluding hydrogens is 366 g/mol. The molecule has 9 heteroatoms. The van der Waals surface area contributed by atoms with Gasteiger partial charge in [0, 0.05) is 24.1 Å². The van der Waals surface area contributed by atoms with Gasteiger partial charge >= 0.3 is 12.6 Å². The second-order valence-corrected chi connectivity index (χ2v) is 7.70. The zero-order valence-corrected chi connectivity index (χ0v) is 14.7. The Bertz CT molecular complexity index is 873. The summed E-state index contributed by atoms with van der Waals surface area (Å²) in [4.78, 5) is 12.0. The van der Waals surface area contributed by atoms with Crippen LogP contribution in [0.4, 0.5) is 19.3 Å². The van der Waals surface area contributed by atoms with Crippen LogP contribution in [-0.4, -0.2) is 27.3 Å². The first kappa shape index (κ1) is 19.6. The number of hydrogen-bond acceptors (Lipinski definition) is 4. The van der Waals surface area contributed by atoms with Crippen molar-refractivity contribution in [3.05, 3.63) is 59.7 Å². The average Bonchev–Trinajstić information content (AvgIpc) is 2.52. The number of urea groups is 1. The van der Waals surface area contributed by atoms with Crippen LogP contribution in [0, 0.1) is 0 Å². The molecule has 2 amide bonds. The summed E-state index contributed by atoms with van der Waals surface area (Å²) in [5.41, 5.74) is 1.36. The van der Waals surface area contributed by atoms with E-state index in [-0.39, 0.29) is 18.0 Å². The van der Waals surface area contributed by atoms with E-state index in [0.717, 1.165) is 6.26 Å². The number of benzene rings is 2. The molecule has 0 spiro atoms. The van der Waals surface area contributed by atoms with E-state index in [2.05, 4.69) is 15.4 Å². The smallest absolute Gasteiger partial charge is 0.387 e. The number of carbonyl (C=O) groups is 1. The molecule has 0 unspecified atom stereocenters. The minimum absolute atomic E-state index is 0.0158. The van der Waals surface area contributed by atoms with Crippen molar-refractivity contribution in [3.63, 3.8) is 0 Å². The number of rotatable bonds is 7. The number of hydrogen-bond donors (Lipinski definition) is 2. The van der Waals surface area contributed by atoms with Gasteiger partial charge in [-0.15, -0.1) is 0 Å². The lowest BCUT2D eigenvalue weighted by atomic mass is 10.2. The molecule has 0 saturated heterocycles. The predicted molar refractivity (Wildman–Crippen MR) is 93.9 cm³/mol. The Morgan fingerprint density at radius 3 is 2.58 bits per heavy atom. The van der Waals surface area contributed by atoms with Crippen molar-refractivity contribution in [1.82, 2.24) is 5.32 Å². The molecule has 6 nitrogen and oxygen atoms in total. The zero-order valence-electron chi connectivity index (χ0n) is 13.9. The molecule has 0 radical (unpaired) electrons. The van der Waals surface area contributed by atoms with Crippen LogP contribution in [0.1, 0.15) is 11.1 Å². The summed E-state index contributed by atoms with van der Waals surface area (Å²) >= 11 is 0. The molecular formula is C17H18F2N2O4S. The largest absolute Gasteiger partial charge is 0.434 e. The fourth-order valence-electron chi connectivity index (χ4n) is 2.25. The predicted octanol–water partition coefficient (Wildman–Crippen LogP) is 3.15. The van der Waals surface area contributed by atoms with Crippen molar-refractivity contribution in [1.29, 1.82) is 0 Å². The first-order valence-electron chi connectivity index (χ1n) is 7.57. The van der Waals surface area contributed by atoms with Gasteiger partial charge in [0.05, 0.1) is 5.75 Å². The van der Waals surface area contributed by atoms with Crippen LogP contribution < -0.4 is 15.4 Å². The molecule has 0 aliphatic heterocycles. The number of carbonyl (C=O) groups excluding carboxylic acids is 1. The Hall–Kier alpha value is -2.68. The van der Waals surface area contributed by atoms with Gasteiger partial charge in [-0.2, -0.15) is 8.78 Å². The maximum absolute atomic E-state index is 12.4. The number of sulfone groups is 1. The van der Waals surface area contributed by atoms with E-state index in [4.69, 9.17) is 0 Å². The summed E-state index contributed by atoms with van der Waals surface area (Å²) in [5.74, 6) is -0.152. The molecule has 0 atom stereocenters. The van der Waals surface area contributed by atoms with E-state index in [1.54, 1.807) is 42.5 Å². The number of para-hydroxylation sites is 1. The number of halogens is 2. The highest BCUT2D eigenvalue weighted by Crippen LogP contribution is 2.20. The summed E-state index contributed by atoms with van der Waals surface area (Å²) < 4.78 is 51.8. The van der Waals surface area contributed by atoms with E-state index in [0.29, 0.717) is 16.8 Å². The zero-order chi connectivity index (χ0) is 19.2. The third-order valence-corrected chi connectivity index (χ3v) is 4.10. The number of alkyl halides is 2. The van der Waals surface area contributed by atoms with Gasteiger partial charge in [-0.3, -0.25) is 0 Å². The first-order chi connectivity index (χ1) is 12.2. The number of ether oxygens (including phenoxy) is 1. The molecule has 2 N–H and O–H groups in total.